The van der Waals surface area contributed by atoms with Gasteiger partial charge in [-0.2, -0.15) is 0 Å². The Hall–Kier alpha value is -2.44. The van der Waals surface area contributed by atoms with Crippen molar-refractivity contribution in [3.63, 3.8) is 0 Å². The molecule has 1 aliphatic heterocycles. The molecule has 2 aromatic heterocycles. The van der Waals surface area contributed by atoms with Gasteiger partial charge in [-0.3, -0.25) is 14.3 Å². The van der Waals surface area contributed by atoms with Gasteiger partial charge in [0.15, 0.2) is 0 Å². The molecular formula is C19H22N4O2. The van der Waals surface area contributed by atoms with E-state index in [2.05, 4.69) is 9.88 Å². The number of hydrogen-bond acceptors (Lipinski definition) is 4. The normalized spacial score (nSPS) is 15.7. The molecule has 0 saturated carbocycles. The smallest absolute Gasteiger partial charge is 0.263 e. The summed E-state index contributed by atoms with van der Waals surface area (Å²) < 4.78 is 7.21. The summed E-state index contributed by atoms with van der Waals surface area (Å²) in [5.41, 5.74) is 2.57. The molecule has 0 spiro atoms. The summed E-state index contributed by atoms with van der Waals surface area (Å²) in [6.07, 6.45) is 0. The molecule has 1 aliphatic rings. The van der Waals surface area contributed by atoms with Crippen molar-refractivity contribution in [2.75, 3.05) is 32.8 Å². The van der Waals surface area contributed by atoms with E-state index in [9.17, 15) is 4.79 Å². The number of aryl methyl sites for hydroxylation is 1. The molecule has 0 aliphatic carbocycles. The quantitative estimate of drug-likeness (QED) is 0.791. The van der Waals surface area contributed by atoms with Crippen molar-refractivity contribution in [1.29, 1.82) is 0 Å². The Morgan fingerprint density at radius 2 is 1.92 bits per heavy atom. The predicted octanol–water partition coefficient (Wildman–Crippen LogP) is 2.03. The molecule has 0 amide bonds. The van der Waals surface area contributed by atoms with Crippen molar-refractivity contribution in [3.05, 3.63) is 52.4 Å². The summed E-state index contributed by atoms with van der Waals surface area (Å²) in [6.45, 7) is 6.73. The highest BCUT2D eigenvalue weighted by Gasteiger charge is 2.16. The predicted molar refractivity (Wildman–Crippen MR) is 97.8 cm³/mol. The molecule has 4 rings (SSSR count). The lowest BCUT2D eigenvalue weighted by Gasteiger charge is -2.27. The van der Waals surface area contributed by atoms with Gasteiger partial charge in [0.1, 0.15) is 11.5 Å². The molecular weight excluding hydrogens is 316 g/mol. The summed E-state index contributed by atoms with van der Waals surface area (Å²) in [5, 5.41) is 0.652. The maximum absolute atomic E-state index is 13.1. The lowest BCUT2D eigenvalue weighted by molar-refractivity contribution is 0.0363. The van der Waals surface area contributed by atoms with Gasteiger partial charge in [-0.25, -0.2) is 4.98 Å². The van der Waals surface area contributed by atoms with Crippen LogP contribution in [0, 0.1) is 6.92 Å². The zero-order chi connectivity index (χ0) is 17.2. The van der Waals surface area contributed by atoms with Crippen molar-refractivity contribution in [1.82, 2.24) is 19.4 Å². The lowest BCUT2D eigenvalue weighted by atomic mass is 10.2. The van der Waals surface area contributed by atoms with Crippen LogP contribution in [-0.4, -0.2) is 52.3 Å². The van der Waals surface area contributed by atoms with Crippen LogP contribution in [-0.2, 0) is 11.3 Å². The molecule has 1 aromatic carbocycles. The third kappa shape index (κ3) is 3.23. The van der Waals surface area contributed by atoms with Gasteiger partial charge >= 0.3 is 0 Å². The fourth-order valence-electron chi connectivity index (χ4n) is 3.32. The molecule has 6 nitrogen and oxygen atoms in total. The minimum absolute atomic E-state index is 0.0152. The summed E-state index contributed by atoms with van der Waals surface area (Å²) in [4.78, 5) is 23.3. The fourth-order valence-corrected chi connectivity index (χ4v) is 3.32. The Morgan fingerprint density at radius 3 is 2.68 bits per heavy atom. The maximum atomic E-state index is 13.1. The van der Waals surface area contributed by atoms with Crippen LogP contribution in [0.1, 0.15) is 5.69 Å². The fraction of sp³-hybridized carbons (Fsp3) is 0.368. The van der Waals surface area contributed by atoms with Crippen molar-refractivity contribution in [3.8, 4) is 11.4 Å². The van der Waals surface area contributed by atoms with Crippen molar-refractivity contribution in [2.45, 2.75) is 13.5 Å². The van der Waals surface area contributed by atoms with Crippen molar-refractivity contribution in [2.24, 2.45) is 0 Å². The molecule has 3 aromatic rings. The second-order valence-corrected chi connectivity index (χ2v) is 6.43. The molecule has 0 radical (unpaired) electrons. The van der Waals surface area contributed by atoms with Crippen LogP contribution in [0.2, 0.25) is 0 Å². The molecule has 1 saturated heterocycles. The van der Waals surface area contributed by atoms with E-state index in [4.69, 9.17) is 9.72 Å². The highest BCUT2D eigenvalue weighted by atomic mass is 16.5. The highest BCUT2D eigenvalue weighted by Crippen LogP contribution is 2.19. The molecule has 1 N–H and O–H groups in total. The first-order valence-corrected chi connectivity index (χ1v) is 8.68. The number of aromatic amines is 1. The van der Waals surface area contributed by atoms with E-state index in [-0.39, 0.29) is 5.56 Å². The molecule has 130 valence electrons. The van der Waals surface area contributed by atoms with Crippen molar-refractivity contribution >= 4 is 11.0 Å². The van der Waals surface area contributed by atoms with E-state index in [1.807, 2.05) is 43.3 Å². The first-order chi connectivity index (χ1) is 12.2. The van der Waals surface area contributed by atoms with Gasteiger partial charge in [-0.05, 0) is 13.0 Å². The summed E-state index contributed by atoms with van der Waals surface area (Å²) in [7, 11) is 0. The Kier molecular flexibility index (Phi) is 4.38. The number of nitrogens with one attached hydrogen (secondary N) is 1. The van der Waals surface area contributed by atoms with Gasteiger partial charge in [0.25, 0.3) is 5.56 Å². The van der Waals surface area contributed by atoms with Crippen LogP contribution in [0.5, 0.6) is 0 Å². The molecule has 1 fully saturated rings. The zero-order valence-electron chi connectivity index (χ0n) is 14.4. The van der Waals surface area contributed by atoms with Gasteiger partial charge < -0.3 is 9.72 Å². The summed E-state index contributed by atoms with van der Waals surface area (Å²) >= 11 is 0. The van der Waals surface area contributed by atoms with Gasteiger partial charge in [-0.1, -0.05) is 30.3 Å². The van der Waals surface area contributed by atoms with Crippen LogP contribution < -0.4 is 5.56 Å². The van der Waals surface area contributed by atoms with Crippen molar-refractivity contribution < 1.29 is 4.74 Å². The van der Waals surface area contributed by atoms with E-state index < -0.39 is 0 Å². The molecule has 0 unspecified atom stereocenters. The lowest BCUT2D eigenvalue weighted by Crippen LogP contribution is -2.39. The van der Waals surface area contributed by atoms with Gasteiger partial charge in [0, 0.05) is 37.4 Å². The number of rotatable bonds is 4. The second-order valence-electron chi connectivity index (χ2n) is 6.43. The molecule has 0 bridgehead atoms. The number of ether oxygens (including phenoxy) is 1. The van der Waals surface area contributed by atoms with E-state index >= 15 is 0 Å². The van der Waals surface area contributed by atoms with E-state index in [1.165, 1.54) is 0 Å². The number of benzene rings is 1. The maximum Gasteiger partial charge on any atom is 0.263 e. The van der Waals surface area contributed by atoms with Crippen LogP contribution in [0.4, 0.5) is 0 Å². The number of H-pyrrole nitrogens is 1. The third-order valence-corrected chi connectivity index (χ3v) is 4.66. The SMILES string of the molecule is Cc1cc2c(=O)n(CCN3CCOCC3)c(-c3ccccc3)nc2[nH]1. The molecule has 25 heavy (non-hydrogen) atoms. The average Bonchev–Trinajstić information content (AvgIpc) is 3.03. The first kappa shape index (κ1) is 16.1. The standard InChI is InChI=1S/C19H22N4O2/c1-14-13-16-17(20-14)21-18(15-5-3-2-4-6-15)23(19(16)24)8-7-22-9-11-25-12-10-22/h2-6,13,20H,7-12H2,1H3. The Bertz CT molecular complexity index is 924. The van der Waals surface area contributed by atoms with E-state index in [0.717, 1.165) is 44.1 Å². The number of fused-ring (bicyclic) bond motifs is 1. The molecule has 0 atom stereocenters. The summed E-state index contributed by atoms with van der Waals surface area (Å²) in [6, 6.07) is 11.8. The van der Waals surface area contributed by atoms with Crippen LogP contribution in [0.15, 0.2) is 41.2 Å². The first-order valence-electron chi connectivity index (χ1n) is 8.68. The number of morpholine rings is 1. The minimum Gasteiger partial charge on any atom is -0.379 e. The number of hydrogen-bond donors (Lipinski definition) is 1. The summed E-state index contributed by atoms with van der Waals surface area (Å²) in [5.74, 6) is 0.716. The van der Waals surface area contributed by atoms with Gasteiger partial charge in [-0.15, -0.1) is 0 Å². The zero-order valence-corrected chi connectivity index (χ0v) is 14.4. The van der Waals surface area contributed by atoms with Crippen LogP contribution in [0.25, 0.3) is 22.4 Å². The Balaban J connectivity index is 1.76. The minimum atomic E-state index is 0.0152. The highest BCUT2D eigenvalue weighted by molar-refractivity contribution is 5.77. The number of aromatic nitrogens is 3. The van der Waals surface area contributed by atoms with E-state index in [1.54, 1.807) is 4.57 Å². The topological polar surface area (TPSA) is 63.1 Å². The average molecular weight is 338 g/mol. The monoisotopic (exact) mass is 338 g/mol. The largest absolute Gasteiger partial charge is 0.379 e. The molecule has 6 heteroatoms. The van der Waals surface area contributed by atoms with Gasteiger partial charge in [0.05, 0.1) is 18.6 Å². The second kappa shape index (κ2) is 6.82. The van der Waals surface area contributed by atoms with Gasteiger partial charge in [0.2, 0.25) is 0 Å². The van der Waals surface area contributed by atoms with Crippen LogP contribution in [0.3, 0.4) is 0 Å². The Labute approximate surface area is 146 Å². The van der Waals surface area contributed by atoms with E-state index in [0.29, 0.717) is 23.4 Å². The number of nitrogens with zero attached hydrogens (tertiary/aromatic N) is 3. The third-order valence-electron chi connectivity index (χ3n) is 4.66. The van der Waals surface area contributed by atoms with Crippen LogP contribution >= 0.6 is 0 Å². The Morgan fingerprint density at radius 1 is 1.16 bits per heavy atom. The molecule has 3 heterocycles.